The Morgan fingerprint density at radius 1 is 1.19 bits per heavy atom. The first kappa shape index (κ1) is 23.7. The first-order chi connectivity index (χ1) is 17.2. The highest BCUT2D eigenvalue weighted by molar-refractivity contribution is 5.98. The lowest BCUT2D eigenvalue weighted by atomic mass is 10.00. The number of carbonyl (C=O) groups excluding carboxylic acids is 1. The normalized spacial score (nSPS) is 20.9. The summed E-state index contributed by atoms with van der Waals surface area (Å²) in [5.74, 6) is 1.03. The molecule has 11 heteroatoms. The van der Waals surface area contributed by atoms with E-state index < -0.39 is 17.3 Å². The highest BCUT2D eigenvalue weighted by Crippen LogP contribution is 2.47. The molecule has 5 rings (SSSR count). The van der Waals surface area contributed by atoms with E-state index in [0.29, 0.717) is 35.5 Å². The molecule has 1 aliphatic heterocycles. The number of anilines is 1. The quantitative estimate of drug-likeness (QED) is 0.570. The zero-order valence-corrected chi connectivity index (χ0v) is 19.3. The molecule has 1 N–H and O–H groups in total. The van der Waals surface area contributed by atoms with Crippen LogP contribution in [0.15, 0.2) is 42.9 Å². The number of amides is 1. The van der Waals surface area contributed by atoms with Crippen molar-refractivity contribution < 1.29 is 18.0 Å². The van der Waals surface area contributed by atoms with Crippen LogP contribution >= 0.6 is 0 Å². The largest absolute Gasteiger partial charge is 0.417 e. The van der Waals surface area contributed by atoms with E-state index >= 15 is 0 Å². The van der Waals surface area contributed by atoms with Crippen molar-refractivity contribution in [2.45, 2.75) is 32.0 Å². The minimum atomic E-state index is -4.68. The molecule has 36 heavy (non-hydrogen) atoms. The third-order valence-electron chi connectivity index (χ3n) is 6.67. The Hall–Kier alpha value is -4.07. The monoisotopic (exact) mass is 493 g/mol. The van der Waals surface area contributed by atoms with Gasteiger partial charge in [0.15, 0.2) is 5.82 Å². The second-order valence-electron chi connectivity index (χ2n) is 9.13. The lowest BCUT2D eigenvalue weighted by Crippen LogP contribution is -2.48. The van der Waals surface area contributed by atoms with Gasteiger partial charge in [-0.2, -0.15) is 18.4 Å². The number of alkyl halides is 3. The van der Waals surface area contributed by atoms with Crippen LogP contribution in [0.5, 0.6) is 0 Å². The highest BCUT2D eigenvalue weighted by Gasteiger charge is 2.47. The Morgan fingerprint density at radius 2 is 1.97 bits per heavy atom. The van der Waals surface area contributed by atoms with Crippen molar-refractivity contribution in [1.82, 2.24) is 24.8 Å². The fourth-order valence-electron chi connectivity index (χ4n) is 4.72. The van der Waals surface area contributed by atoms with Crippen molar-refractivity contribution in [3.63, 3.8) is 0 Å². The van der Waals surface area contributed by atoms with Gasteiger partial charge in [0.1, 0.15) is 17.6 Å². The van der Waals surface area contributed by atoms with Gasteiger partial charge in [0.05, 0.1) is 16.7 Å². The molecule has 2 fully saturated rings. The molecule has 3 atom stereocenters. The van der Waals surface area contributed by atoms with Gasteiger partial charge in [0.2, 0.25) is 0 Å². The van der Waals surface area contributed by atoms with Crippen LogP contribution in [-0.2, 0) is 6.18 Å². The van der Waals surface area contributed by atoms with Gasteiger partial charge in [0, 0.05) is 43.4 Å². The number of fused-ring (bicyclic) bond motifs is 1. The average Bonchev–Trinajstić information content (AvgIpc) is 3.64. The number of hydrogen-bond acceptors (Lipinski definition) is 7. The SMILES string of the molecule is Cc1ccc(-c2ncccn2)c(C(=O)N2C[C@@H]3C[C@@H]3C[C@H]2CNc2cc(C(F)(F)F)c(C#N)cn2)n1. The smallest absolute Gasteiger partial charge is 0.368 e. The number of carbonyl (C=O) groups is 1. The van der Waals surface area contributed by atoms with Crippen molar-refractivity contribution in [2.75, 3.05) is 18.4 Å². The molecule has 1 aliphatic carbocycles. The molecule has 3 aromatic heterocycles. The third-order valence-corrected chi connectivity index (χ3v) is 6.67. The number of aromatic nitrogens is 4. The Balaban J connectivity index is 1.41. The van der Waals surface area contributed by atoms with Crippen LogP contribution in [0.1, 0.15) is 40.2 Å². The van der Waals surface area contributed by atoms with E-state index in [0.717, 1.165) is 25.1 Å². The fourth-order valence-corrected chi connectivity index (χ4v) is 4.72. The molecule has 8 nitrogen and oxygen atoms in total. The maximum Gasteiger partial charge on any atom is 0.417 e. The van der Waals surface area contributed by atoms with E-state index in [-0.39, 0.29) is 30.0 Å². The Labute approximate surface area is 205 Å². The molecule has 184 valence electrons. The average molecular weight is 493 g/mol. The number of nitriles is 1. The number of likely N-dealkylation sites (tertiary alicyclic amines) is 1. The van der Waals surface area contributed by atoms with Gasteiger partial charge in [-0.05, 0) is 55.9 Å². The predicted molar refractivity (Wildman–Crippen MR) is 123 cm³/mol. The first-order valence-electron chi connectivity index (χ1n) is 11.5. The number of nitrogens with zero attached hydrogens (tertiary/aromatic N) is 6. The van der Waals surface area contributed by atoms with Crippen LogP contribution in [0.25, 0.3) is 11.4 Å². The van der Waals surface area contributed by atoms with E-state index in [1.165, 1.54) is 6.07 Å². The number of pyridine rings is 2. The van der Waals surface area contributed by atoms with Crippen LogP contribution in [0.3, 0.4) is 0 Å². The summed E-state index contributed by atoms with van der Waals surface area (Å²) in [7, 11) is 0. The van der Waals surface area contributed by atoms with E-state index in [9.17, 15) is 18.0 Å². The summed E-state index contributed by atoms with van der Waals surface area (Å²) in [5.41, 5.74) is -0.127. The molecular formula is C25H22F3N7O. The van der Waals surface area contributed by atoms with Gasteiger partial charge in [-0.15, -0.1) is 0 Å². The molecule has 0 bridgehead atoms. The van der Waals surface area contributed by atoms with Crippen LogP contribution in [0.4, 0.5) is 19.0 Å². The van der Waals surface area contributed by atoms with Crippen LogP contribution in [0.2, 0.25) is 0 Å². The van der Waals surface area contributed by atoms with E-state index in [2.05, 4.69) is 25.3 Å². The molecule has 3 aromatic rings. The maximum absolute atomic E-state index is 13.8. The maximum atomic E-state index is 13.8. The summed E-state index contributed by atoms with van der Waals surface area (Å²) < 4.78 is 40.1. The van der Waals surface area contributed by atoms with Crippen molar-refractivity contribution in [2.24, 2.45) is 11.8 Å². The van der Waals surface area contributed by atoms with Gasteiger partial charge in [-0.3, -0.25) is 4.79 Å². The van der Waals surface area contributed by atoms with Gasteiger partial charge >= 0.3 is 6.18 Å². The van der Waals surface area contributed by atoms with Crippen LogP contribution < -0.4 is 5.32 Å². The molecule has 1 saturated heterocycles. The molecule has 1 saturated carbocycles. The minimum Gasteiger partial charge on any atom is -0.368 e. The number of aryl methyl sites for hydroxylation is 1. The van der Waals surface area contributed by atoms with Crippen molar-refractivity contribution in [3.8, 4) is 17.5 Å². The number of rotatable bonds is 5. The summed E-state index contributed by atoms with van der Waals surface area (Å²) in [6.07, 6.45) is 1.18. The Bertz CT molecular complexity index is 1340. The number of piperidine rings is 1. The highest BCUT2D eigenvalue weighted by atomic mass is 19.4. The molecule has 4 heterocycles. The second-order valence-corrected chi connectivity index (χ2v) is 9.13. The van der Waals surface area contributed by atoms with Gasteiger partial charge in [-0.1, -0.05) is 0 Å². The molecule has 0 radical (unpaired) electrons. The van der Waals surface area contributed by atoms with Crippen molar-refractivity contribution in [3.05, 3.63) is 65.4 Å². The van der Waals surface area contributed by atoms with Gasteiger partial charge < -0.3 is 10.2 Å². The van der Waals surface area contributed by atoms with E-state index in [1.54, 1.807) is 42.4 Å². The second kappa shape index (κ2) is 9.18. The number of hydrogen-bond donors (Lipinski definition) is 1. The Morgan fingerprint density at radius 3 is 2.69 bits per heavy atom. The fraction of sp³-hybridized carbons (Fsp3) is 0.360. The van der Waals surface area contributed by atoms with Gasteiger partial charge in [-0.25, -0.2) is 19.9 Å². The lowest BCUT2D eigenvalue weighted by Gasteiger charge is -2.36. The zero-order valence-electron chi connectivity index (χ0n) is 19.3. The molecular weight excluding hydrogens is 471 g/mol. The summed E-state index contributed by atoms with van der Waals surface area (Å²) in [4.78, 5) is 32.6. The van der Waals surface area contributed by atoms with E-state index in [4.69, 9.17) is 5.26 Å². The number of halogens is 3. The topological polar surface area (TPSA) is 108 Å². The molecule has 0 unspecified atom stereocenters. The summed E-state index contributed by atoms with van der Waals surface area (Å²) in [6.45, 7) is 2.57. The van der Waals surface area contributed by atoms with Gasteiger partial charge in [0.25, 0.3) is 5.91 Å². The lowest BCUT2D eigenvalue weighted by molar-refractivity contribution is -0.137. The molecule has 0 spiro atoms. The van der Waals surface area contributed by atoms with Crippen LogP contribution in [0, 0.1) is 30.1 Å². The first-order valence-corrected chi connectivity index (χ1v) is 11.5. The molecule has 1 amide bonds. The van der Waals surface area contributed by atoms with Crippen molar-refractivity contribution >= 4 is 11.7 Å². The minimum absolute atomic E-state index is 0.00120. The third kappa shape index (κ3) is 4.71. The van der Waals surface area contributed by atoms with Crippen molar-refractivity contribution in [1.29, 1.82) is 5.26 Å². The van der Waals surface area contributed by atoms with E-state index in [1.807, 2.05) is 0 Å². The summed E-state index contributed by atoms with van der Waals surface area (Å²) in [6, 6.07) is 7.36. The standard InChI is InChI=1S/C25H22F3N7O/c1-14-3-4-19(23-30-5-2-6-31-23)22(34-14)24(36)35-13-16-7-15(16)8-18(35)12-33-21-9-20(25(26,27)28)17(10-29)11-32-21/h2-6,9,11,15-16,18H,7-8,12-13H2,1H3,(H,32,33)/t15-,16+,18+/m1/s1. The molecule has 2 aliphatic rings. The zero-order chi connectivity index (χ0) is 25.4. The summed E-state index contributed by atoms with van der Waals surface area (Å²) in [5, 5.41) is 12.0. The number of nitrogens with one attached hydrogen (secondary N) is 1. The van der Waals surface area contributed by atoms with Crippen LogP contribution in [-0.4, -0.2) is 49.9 Å². The predicted octanol–water partition coefficient (Wildman–Crippen LogP) is 4.10. The Kier molecular flexibility index (Phi) is 6.04. The summed E-state index contributed by atoms with van der Waals surface area (Å²) >= 11 is 0. The molecule has 0 aromatic carbocycles.